The highest BCUT2D eigenvalue weighted by molar-refractivity contribution is 7.11. The largest absolute Gasteiger partial charge is 0.349 e. The molecule has 1 saturated heterocycles. The van der Waals surface area contributed by atoms with Crippen LogP contribution in [0.5, 0.6) is 0 Å². The summed E-state index contributed by atoms with van der Waals surface area (Å²) in [5, 5.41) is 17.9. The van der Waals surface area contributed by atoms with Crippen molar-refractivity contribution < 1.29 is 4.79 Å². The van der Waals surface area contributed by atoms with Crippen molar-refractivity contribution in [3.8, 4) is 6.07 Å². The summed E-state index contributed by atoms with van der Waals surface area (Å²) in [6.45, 7) is 8.29. The molecule has 3 heterocycles. The topological polar surface area (TPSA) is 86.0 Å². The van der Waals surface area contributed by atoms with Gasteiger partial charge >= 0.3 is 0 Å². The normalized spacial score (nSPS) is 17.4. The fraction of sp³-hybridized carbons (Fsp3) is 0.500. The molecule has 0 bridgehead atoms. The third-order valence-electron chi connectivity index (χ3n) is 4.43. The van der Waals surface area contributed by atoms with Gasteiger partial charge in [0.05, 0.1) is 11.4 Å². The third-order valence-corrected chi connectivity index (χ3v) is 5.73. The van der Waals surface area contributed by atoms with E-state index in [1.165, 1.54) is 0 Å². The SMILES string of the molecule is CC(C)c1ncc(CC(=O)N2CCN(c3ccc(C#N)nn3)[C@@H](C)C2)s1. The molecule has 2 aromatic rings. The Morgan fingerprint density at radius 3 is 2.77 bits per heavy atom. The molecule has 0 unspecified atom stereocenters. The second-order valence-corrected chi connectivity index (χ2v) is 7.91. The van der Waals surface area contributed by atoms with Gasteiger partial charge in [-0.05, 0) is 19.1 Å². The van der Waals surface area contributed by atoms with Gasteiger partial charge in [0.25, 0.3) is 0 Å². The predicted molar refractivity (Wildman–Crippen MR) is 100 cm³/mol. The Balaban J connectivity index is 1.60. The van der Waals surface area contributed by atoms with Gasteiger partial charge in [-0.2, -0.15) is 5.26 Å². The van der Waals surface area contributed by atoms with Gasteiger partial charge in [0.15, 0.2) is 11.5 Å². The average Bonchev–Trinajstić information content (AvgIpc) is 3.10. The maximum Gasteiger partial charge on any atom is 0.228 e. The van der Waals surface area contributed by atoms with Gasteiger partial charge in [0.1, 0.15) is 6.07 Å². The molecule has 3 rings (SSSR count). The maximum absolute atomic E-state index is 12.6. The number of rotatable bonds is 4. The van der Waals surface area contributed by atoms with E-state index in [2.05, 4.69) is 40.9 Å². The van der Waals surface area contributed by atoms with Crippen molar-refractivity contribution >= 4 is 23.1 Å². The van der Waals surface area contributed by atoms with Crippen molar-refractivity contribution in [2.24, 2.45) is 0 Å². The van der Waals surface area contributed by atoms with Crippen LogP contribution in [-0.2, 0) is 11.2 Å². The molecular formula is C18H22N6OS. The molecule has 0 saturated carbocycles. The molecule has 0 spiro atoms. The molecule has 0 aliphatic carbocycles. The van der Waals surface area contributed by atoms with Crippen LogP contribution in [0.15, 0.2) is 18.3 Å². The first-order valence-corrected chi connectivity index (χ1v) is 9.52. The second-order valence-electron chi connectivity index (χ2n) is 6.77. The Bertz CT molecular complexity index is 810. The standard InChI is InChI=1S/C18H22N6OS/c1-12(2)18-20-10-15(26-18)8-17(25)23-6-7-24(13(3)11-23)16-5-4-14(9-19)21-22-16/h4-5,10,12-13H,6-8,11H2,1-3H3/t13-/m0/s1. The van der Waals surface area contributed by atoms with Gasteiger partial charge in [0, 0.05) is 42.7 Å². The summed E-state index contributed by atoms with van der Waals surface area (Å²) in [7, 11) is 0. The van der Waals surface area contributed by atoms with E-state index in [0.717, 1.165) is 15.7 Å². The van der Waals surface area contributed by atoms with E-state index < -0.39 is 0 Å². The molecule has 136 valence electrons. The van der Waals surface area contributed by atoms with Crippen molar-refractivity contribution in [3.63, 3.8) is 0 Å². The Labute approximate surface area is 157 Å². The fourth-order valence-electron chi connectivity index (χ4n) is 2.99. The monoisotopic (exact) mass is 370 g/mol. The molecule has 2 aromatic heterocycles. The van der Waals surface area contributed by atoms with Gasteiger partial charge in [-0.3, -0.25) is 4.79 Å². The molecule has 1 aliphatic rings. The number of nitrogens with zero attached hydrogens (tertiary/aromatic N) is 6. The lowest BCUT2D eigenvalue weighted by Crippen LogP contribution is -2.54. The highest BCUT2D eigenvalue weighted by Crippen LogP contribution is 2.23. The molecule has 8 heteroatoms. The summed E-state index contributed by atoms with van der Waals surface area (Å²) >= 11 is 1.62. The minimum atomic E-state index is 0.140. The molecule has 0 radical (unpaired) electrons. The number of carbonyl (C=O) groups is 1. The minimum Gasteiger partial charge on any atom is -0.349 e. The van der Waals surface area contributed by atoms with Crippen LogP contribution in [0, 0.1) is 11.3 Å². The Kier molecular flexibility index (Phi) is 5.47. The first kappa shape index (κ1) is 18.3. The van der Waals surface area contributed by atoms with E-state index in [-0.39, 0.29) is 11.9 Å². The van der Waals surface area contributed by atoms with Crippen LogP contribution in [0.2, 0.25) is 0 Å². The zero-order valence-corrected chi connectivity index (χ0v) is 16.0. The minimum absolute atomic E-state index is 0.140. The lowest BCUT2D eigenvalue weighted by molar-refractivity contribution is -0.131. The van der Waals surface area contributed by atoms with E-state index in [1.54, 1.807) is 17.4 Å². The number of nitriles is 1. The number of hydrogen-bond acceptors (Lipinski definition) is 7. The highest BCUT2D eigenvalue weighted by atomic mass is 32.1. The van der Waals surface area contributed by atoms with Gasteiger partial charge in [-0.1, -0.05) is 13.8 Å². The lowest BCUT2D eigenvalue weighted by atomic mass is 10.1. The smallest absolute Gasteiger partial charge is 0.228 e. The van der Waals surface area contributed by atoms with Crippen molar-refractivity contribution in [3.05, 3.63) is 33.9 Å². The molecule has 26 heavy (non-hydrogen) atoms. The van der Waals surface area contributed by atoms with Gasteiger partial charge in [-0.25, -0.2) is 4.98 Å². The van der Waals surface area contributed by atoms with Gasteiger partial charge < -0.3 is 9.80 Å². The van der Waals surface area contributed by atoms with Crippen LogP contribution in [-0.4, -0.2) is 51.7 Å². The molecule has 0 N–H and O–H groups in total. The first-order chi connectivity index (χ1) is 12.5. The van der Waals surface area contributed by atoms with Gasteiger partial charge in [-0.15, -0.1) is 21.5 Å². The zero-order chi connectivity index (χ0) is 18.7. The summed E-state index contributed by atoms with van der Waals surface area (Å²) in [4.78, 5) is 22.1. The Morgan fingerprint density at radius 2 is 2.19 bits per heavy atom. The summed E-state index contributed by atoms with van der Waals surface area (Å²) < 4.78 is 0. The molecule has 0 aromatic carbocycles. The number of hydrogen-bond donors (Lipinski definition) is 0. The summed E-state index contributed by atoms with van der Waals surface area (Å²) in [5.74, 6) is 1.27. The zero-order valence-electron chi connectivity index (χ0n) is 15.2. The number of carbonyl (C=O) groups excluding carboxylic acids is 1. The van der Waals surface area contributed by atoms with E-state index in [4.69, 9.17) is 5.26 Å². The van der Waals surface area contributed by atoms with Crippen molar-refractivity contribution in [2.75, 3.05) is 24.5 Å². The van der Waals surface area contributed by atoms with Crippen LogP contribution < -0.4 is 4.90 Å². The first-order valence-electron chi connectivity index (χ1n) is 8.70. The van der Waals surface area contributed by atoms with Crippen LogP contribution in [0.3, 0.4) is 0 Å². The van der Waals surface area contributed by atoms with Crippen LogP contribution >= 0.6 is 11.3 Å². The summed E-state index contributed by atoms with van der Waals surface area (Å²) in [6.07, 6.45) is 2.23. The Morgan fingerprint density at radius 1 is 1.38 bits per heavy atom. The predicted octanol–water partition coefficient (Wildman–Crippen LogP) is 2.21. The Hall–Kier alpha value is -2.53. The number of piperazine rings is 1. The summed E-state index contributed by atoms with van der Waals surface area (Å²) in [6, 6.07) is 5.59. The molecule has 1 fully saturated rings. The van der Waals surface area contributed by atoms with Gasteiger partial charge in [0.2, 0.25) is 5.91 Å². The molecule has 1 atom stereocenters. The van der Waals surface area contributed by atoms with Crippen molar-refractivity contribution in [1.29, 1.82) is 5.26 Å². The van der Waals surface area contributed by atoms with Crippen LogP contribution in [0.4, 0.5) is 5.82 Å². The molecular weight excluding hydrogens is 348 g/mol. The lowest BCUT2D eigenvalue weighted by Gasteiger charge is -2.40. The van der Waals surface area contributed by atoms with Crippen LogP contribution in [0.25, 0.3) is 0 Å². The number of amides is 1. The van der Waals surface area contributed by atoms with Crippen molar-refractivity contribution in [2.45, 2.75) is 39.2 Å². The summed E-state index contributed by atoms with van der Waals surface area (Å²) in [5.41, 5.74) is 0.306. The quantitative estimate of drug-likeness (QED) is 0.820. The molecule has 1 aliphatic heterocycles. The van der Waals surface area contributed by atoms with E-state index in [0.29, 0.717) is 37.7 Å². The molecule has 7 nitrogen and oxygen atoms in total. The van der Waals surface area contributed by atoms with E-state index in [9.17, 15) is 4.79 Å². The van der Waals surface area contributed by atoms with E-state index >= 15 is 0 Å². The maximum atomic E-state index is 12.6. The highest BCUT2D eigenvalue weighted by Gasteiger charge is 2.28. The second kappa shape index (κ2) is 7.79. The van der Waals surface area contributed by atoms with Crippen molar-refractivity contribution in [1.82, 2.24) is 20.1 Å². The fourth-order valence-corrected chi connectivity index (χ4v) is 3.91. The van der Waals surface area contributed by atoms with Crippen LogP contribution in [0.1, 0.15) is 42.3 Å². The third kappa shape index (κ3) is 3.99. The van der Waals surface area contributed by atoms with E-state index in [1.807, 2.05) is 23.2 Å². The average molecular weight is 370 g/mol. The number of aromatic nitrogens is 3. The molecule has 1 amide bonds. The number of anilines is 1. The number of thiazole rings is 1.